The Morgan fingerprint density at radius 1 is 1.16 bits per heavy atom. The quantitative estimate of drug-likeness (QED) is 0.881. The number of carbonyl (C=O) groups is 1. The Morgan fingerprint density at radius 3 is 2.56 bits per heavy atom. The minimum Gasteiger partial charge on any atom is -0.334 e. The number of hydrogen-bond acceptors (Lipinski definition) is 4. The molecule has 6 nitrogen and oxygen atoms in total. The summed E-state index contributed by atoms with van der Waals surface area (Å²) in [4.78, 5) is 15.0. The third kappa shape index (κ3) is 3.59. The molecule has 0 aromatic heterocycles. The molecule has 2 fully saturated rings. The molecule has 0 spiro atoms. The van der Waals surface area contributed by atoms with Crippen LogP contribution in [0.3, 0.4) is 0 Å². The van der Waals surface area contributed by atoms with E-state index in [0.29, 0.717) is 31.7 Å². The van der Waals surface area contributed by atoms with Crippen molar-refractivity contribution in [3.05, 3.63) is 29.3 Å². The summed E-state index contributed by atoms with van der Waals surface area (Å²) in [6.45, 7) is 4.08. The maximum atomic E-state index is 13.0. The molecule has 1 aromatic rings. The van der Waals surface area contributed by atoms with E-state index in [1.165, 1.54) is 4.31 Å². The molecular weight excluding hydrogens is 338 g/mol. The fraction of sp³-hybridized carbons (Fsp3) is 0.611. The highest BCUT2D eigenvalue weighted by Gasteiger charge is 2.31. The van der Waals surface area contributed by atoms with Crippen LogP contribution in [0.1, 0.15) is 48.0 Å². The molecule has 2 saturated heterocycles. The summed E-state index contributed by atoms with van der Waals surface area (Å²) in [6, 6.07) is 4.94. The molecule has 2 aliphatic rings. The lowest BCUT2D eigenvalue weighted by molar-refractivity contribution is 0.0740. The lowest BCUT2D eigenvalue weighted by Crippen LogP contribution is -2.40. The molecule has 7 heteroatoms. The SMILES string of the molecule is Cc1ccc(S(=O)(=O)N2CCCCC2)cc1C(=O)N1CCCC1CN. The van der Waals surface area contributed by atoms with Gasteiger partial charge < -0.3 is 10.6 Å². The van der Waals surface area contributed by atoms with Gasteiger partial charge in [-0.1, -0.05) is 12.5 Å². The number of likely N-dealkylation sites (tertiary alicyclic amines) is 1. The monoisotopic (exact) mass is 365 g/mol. The first-order valence-corrected chi connectivity index (χ1v) is 10.5. The predicted molar refractivity (Wildman–Crippen MR) is 96.9 cm³/mol. The predicted octanol–water partition coefficient (Wildman–Crippen LogP) is 1.73. The molecule has 25 heavy (non-hydrogen) atoms. The van der Waals surface area contributed by atoms with E-state index in [9.17, 15) is 13.2 Å². The van der Waals surface area contributed by atoms with Gasteiger partial charge in [0.15, 0.2) is 0 Å². The van der Waals surface area contributed by atoms with Gasteiger partial charge in [-0.25, -0.2) is 8.42 Å². The Kier molecular flexibility index (Phi) is 5.46. The van der Waals surface area contributed by atoms with Gasteiger partial charge in [-0.15, -0.1) is 0 Å². The molecule has 1 unspecified atom stereocenters. The van der Waals surface area contributed by atoms with Gasteiger partial charge >= 0.3 is 0 Å². The first-order valence-electron chi connectivity index (χ1n) is 9.07. The van der Waals surface area contributed by atoms with E-state index in [1.807, 2.05) is 6.92 Å². The zero-order chi connectivity index (χ0) is 18.0. The van der Waals surface area contributed by atoms with Gasteiger partial charge in [0.1, 0.15) is 0 Å². The van der Waals surface area contributed by atoms with Crippen LogP contribution in [0.4, 0.5) is 0 Å². The van der Waals surface area contributed by atoms with Gasteiger partial charge in [0, 0.05) is 37.8 Å². The summed E-state index contributed by atoms with van der Waals surface area (Å²) in [5.41, 5.74) is 7.05. The Hall–Kier alpha value is -1.44. The minimum absolute atomic E-state index is 0.0502. The lowest BCUT2D eigenvalue weighted by Gasteiger charge is -2.27. The zero-order valence-corrected chi connectivity index (χ0v) is 15.6. The van der Waals surface area contributed by atoms with Crippen LogP contribution in [0.5, 0.6) is 0 Å². The Balaban J connectivity index is 1.91. The number of nitrogens with two attached hydrogens (primary N) is 1. The third-order valence-corrected chi connectivity index (χ3v) is 7.20. The Morgan fingerprint density at radius 2 is 1.88 bits per heavy atom. The van der Waals surface area contributed by atoms with Crippen molar-refractivity contribution >= 4 is 15.9 Å². The van der Waals surface area contributed by atoms with Gasteiger partial charge in [0.2, 0.25) is 10.0 Å². The number of benzene rings is 1. The molecular formula is C18H27N3O3S. The maximum absolute atomic E-state index is 13.0. The smallest absolute Gasteiger partial charge is 0.254 e. The second kappa shape index (κ2) is 7.43. The van der Waals surface area contributed by atoms with Gasteiger partial charge in [-0.2, -0.15) is 4.31 Å². The summed E-state index contributed by atoms with van der Waals surface area (Å²) in [7, 11) is -3.54. The summed E-state index contributed by atoms with van der Waals surface area (Å²) in [5, 5.41) is 0. The van der Waals surface area contributed by atoms with Crippen LogP contribution < -0.4 is 5.73 Å². The van der Waals surface area contributed by atoms with Crippen molar-refractivity contribution < 1.29 is 13.2 Å². The maximum Gasteiger partial charge on any atom is 0.254 e. The molecule has 138 valence electrons. The molecule has 1 aromatic carbocycles. The Bertz CT molecular complexity index is 742. The largest absolute Gasteiger partial charge is 0.334 e. The standard InChI is InChI=1S/C18H27N3O3S/c1-14-7-8-16(25(23,24)20-9-3-2-4-10-20)12-17(14)18(22)21-11-5-6-15(21)13-19/h7-8,12,15H,2-6,9-11,13,19H2,1H3. The van der Waals surface area contributed by atoms with E-state index in [2.05, 4.69) is 0 Å². The number of sulfonamides is 1. The van der Waals surface area contributed by atoms with Crippen LogP contribution in [-0.2, 0) is 10.0 Å². The Labute approximate surface area is 150 Å². The van der Waals surface area contributed by atoms with Crippen LogP contribution in [0.15, 0.2) is 23.1 Å². The molecule has 0 saturated carbocycles. The van der Waals surface area contributed by atoms with Crippen molar-refractivity contribution in [1.82, 2.24) is 9.21 Å². The number of carbonyl (C=O) groups excluding carboxylic acids is 1. The van der Waals surface area contributed by atoms with Crippen molar-refractivity contribution in [1.29, 1.82) is 0 Å². The van der Waals surface area contributed by atoms with Gasteiger partial charge in [0.25, 0.3) is 5.91 Å². The van der Waals surface area contributed by atoms with Gasteiger partial charge in [-0.05, 0) is 50.3 Å². The van der Waals surface area contributed by atoms with E-state index in [-0.39, 0.29) is 16.8 Å². The number of aryl methyl sites for hydroxylation is 1. The second-order valence-electron chi connectivity index (χ2n) is 6.97. The molecule has 2 aliphatic heterocycles. The van der Waals surface area contributed by atoms with Crippen molar-refractivity contribution in [2.24, 2.45) is 5.73 Å². The van der Waals surface area contributed by atoms with E-state index in [0.717, 1.165) is 37.7 Å². The fourth-order valence-corrected chi connectivity index (χ4v) is 5.29. The highest BCUT2D eigenvalue weighted by atomic mass is 32.2. The van der Waals surface area contributed by atoms with Crippen molar-refractivity contribution in [2.45, 2.75) is 50.0 Å². The highest BCUT2D eigenvalue weighted by molar-refractivity contribution is 7.89. The molecule has 1 atom stereocenters. The zero-order valence-electron chi connectivity index (χ0n) is 14.8. The number of amides is 1. The number of nitrogens with zero attached hydrogens (tertiary/aromatic N) is 2. The van der Waals surface area contributed by atoms with E-state index < -0.39 is 10.0 Å². The summed E-state index contributed by atoms with van der Waals surface area (Å²) >= 11 is 0. The van der Waals surface area contributed by atoms with Gasteiger partial charge in [-0.3, -0.25) is 4.79 Å². The molecule has 0 aliphatic carbocycles. The van der Waals surface area contributed by atoms with Crippen LogP contribution in [0.2, 0.25) is 0 Å². The van der Waals surface area contributed by atoms with Crippen molar-refractivity contribution in [2.75, 3.05) is 26.2 Å². The molecule has 1 amide bonds. The number of hydrogen-bond donors (Lipinski definition) is 1. The van der Waals surface area contributed by atoms with Crippen LogP contribution >= 0.6 is 0 Å². The molecule has 3 rings (SSSR count). The topological polar surface area (TPSA) is 83.7 Å². The van der Waals surface area contributed by atoms with Crippen LogP contribution in [-0.4, -0.2) is 55.8 Å². The number of rotatable bonds is 4. The summed E-state index contributed by atoms with van der Waals surface area (Å²) < 4.78 is 27.3. The van der Waals surface area contributed by atoms with Crippen LogP contribution in [0, 0.1) is 6.92 Å². The van der Waals surface area contributed by atoms with E-state index in [4.69, 9.17) is 5.73 Å². The molecule has 0 radical (unpaired) electrons. The fourth-order valence-electron chi connectivity index (χ4n) is 3.75. The molecule has 0 bridgehead atoms. The van der Waals surface area contributed by atoms with Crippen molar-refractivity contribution in [3.8, 4) is 0 Å². The molecule has 2 N–H and O–H groups in total. The average molecular weight is 365 g/mol. The number of piperidine rings is 1. The lowest BCUT2D eigenvalue weighted by atomic mass is 10.1. The van der Waals surface area contributed by atoms with Gasteiger partial charge in [0.05, 0.1) is 4.90 Å². The first kappa shape index (κ1) is 18.4. The normalized spacial score (nSPS) is 22.3. The average Bonchev–Trinajstić information content (AvgIpc) is 3.11. The second-order valence-corrected chi connectivity index (χ2v) is 8.91. The van der Waals surface area contributed by atoms with E-state index in [1.54, 1.807) is 23.1 Å². The minimum atomic E-state index is -3.54. The van der Waals surface area contributed by atoms with Crippen molar-refractivity contribution in [3.63, 3.8) is 0 Å². The van der Waals surface area contributed by atoms with Crippen LogP contribution in [0.25, 0.3) is 0 Å². The highest BCUT2D eigenvalue weighted by Crippen LogP contribution is 2.25. The molecule has 2 heterocycles. The summed E-state index contributed by atoms with van der Waals surface area (Å²) in [6.07, 6.45) is 4.70. The summed E-state index contributed by atoms with van der Waals surface area (Å²) in [5.74, 6) is -0.110. The first-order chi connectivity index (χ1) is 11.9. The van der Waals surface area contributed by atoms with E-state index >= 15 is 0 Å². The third-order valence-electron chi connectivity index (χ3n) is 5.30.